The summed E-state index contributed by atoms with van der Waals surface area (Å²) >= 11 is 3.35. The van der Waals surface area contributed by atoms with Gasteiger partial charge in [0.25, 0.3) is 0 Å². The highest BCUT2D eigenvalue weighted by Gasteiger charge is 2.03. The number of rotatable bonds is 5. The van der Waals surface area contributed by atoms with Crippen molar-refractivity contribution in [2.45, 2.75) is 26.0 Å². The van der Waals surface area contributed by atoms with Crippen LogP contribution in [0.5, 0.6) is 5.75 Å². The molecule has 1 aromatic carbocycles. The van der Waals surface area contributed by atoms with E-state index in [0.717, 1.165) is 27.9 Å². The van der Waals surface area contributed by atoms with Crippen LogP contribution in [0.4, 0.5) is 0 Å². The Hall–Kier alpha value is -1.39. The van der Waals surface area contributed by atoms with E-state index in [1.165, 1.54) is 0 Å². The molecule has 0 unspecified atom stereocenters. The largest absolute Gasteiger partial charge is 0.487 e. The Morgan fingerprint density at radius 2 is 1.95 bits per heavy atom. The van der Waals surface area contributed by atoms with Crippen molar-refractivity contribution in [3.63, 3.8) is 0 Å². The maximum atomic E-state index is 5.97. The topological polar surface area (TPSA) is 48.1 Å². The van der Waals surface area contributed by atoms with Gasteiger partial charge in [-0.05, 0) is 52.2 Å². The second kappa shape index (κ2) is 6.68. The quantitative estimate of drug-likeness (QED) is 0.910. The molecule has 3 nitrogen and oxygen atoms in total. The summed E-state index contributed by atoms with van der Waals surface area (Å²) in [6.07, 6.45) is 2.70. The Kier molecular flexibility index (Phi) is 4.93. The van der Waals surface area contributed by atoms with E-state index < -0.39 is 0 Å². The molecule has 0 amide bonds. The molecule has 2 N–H and O–H groups in total. The van der Waals surface area contributed by atoms with Crippen LogP contribution in [0.3, 0.4) is 0 Å². The molecule has 1 heterocycles. The van der Waals surface area contributed by atoms with Gasteiger partial charge in [0, 0.05) is 16.7 Å². The normalized spacial score (nSPS) is 12.2. The van der Waals surface area contributed by atoms with Crippen LogP contribution in [-0.2, 0) is 6.61 Å². The second-order valence-corrected chi connectivity index (χ2v) is 5.26. The average Bonchev–Trinajstić information content (AvgIpc) is 2.46. The van der Waals surface area contributed by atoms with Gasteiger partial charge in [0.1, 0.15) is 12.4 Å². The van der Waals surface area contributed by atoms with Crippen LogP contribution in [-0.4, -0.2) is 4.98 Å². The number of hydrogen-bond acceptors (Lipinski definition) is 3. The summed E-state index contributed by atoms with van der Waals surface area (Å²) in [7, 11) is 0. The third kappa shape index (κ3) is 4.04. The lowest BCUT2D eigenvalue weighted by Crippen LogP contribution is -2.08. The summed E-state index contributed by atoms with van der Waals surface area (Å²) in [5, 5.41) is 0. The molecule has 1 atom stereocenters. The van der Waals surface area contributed by atoms with Crippen molar-refractivity contribution in [2.75, 3.05) is 0 Å². The van der Waals surface area contributed by atoms with Gasteiger partial charge in [-0.25, -0.2) is 0 Å². The molecule has 2 aromatic rings. The van der Waals surface area contributed by atoms with Crippen LogP contribution in [0.15, 0.2) is 47.1 Å². The van der Waals surface area contributed by atoms with Crippen LogP contribution in [0.1, 0.15) is 30.6 Å². The molecule has 0 fully saturated rings. The smallest absolute Gasteiger partial charge is 0.130 e. The zero-order chi connectivity index (χ0) is 13.7. The Balaban J connectivity index is 1.94. The lowest BCUT2D eigenvalue weighted by molar-refractivity contribution is 0.301. The number of aromatic nitrogens is 1. The first-order valence-electron chi connectivity index (χ1n) is 6.28. The standard InChI is InChI=1S/C15H17BrN2O/c1-2-15(17)11-3-7-14(8-4-11)19-10-13-6-5-12(16)9-18-13/h3-9,15H,2,10,17H2,1H3/t15-/m1/s1. The zero-order valence-electron chi connectivity index (χ0n) is 10.8. The fourth-order valence-corrected chi connectivity index (χ4v) is 1.93. The van der Waals surface area contributed by atoms with Gasteiger partial charge in [0.05, 0.1) is 5.69 Å². The maximum Gasteiger partial charge on any atom is 0.130 e. The van der Waals surface area contributed by atoms with E-state index in [2.05, 4.69) is 27.8 Å². The summed E-state index contributed by atoms with van der Waals surface area (Å²) in [6.45, 7) is 2.54. The first kappa shape index (κ1) is 14.0. The highest BCUT2D eigenvalue weighted by molar-refractivity contribution is 9.10. The fraction of sp³-hybridized carbons (Fsp3) is 0.267. The molecule has 1 aromatic heterocycles. The van der Waals surface area contributed by atoms with Crippen LogP contribution in [0.25, 0.3) is 0 Å². The highest BCUT2D eigenvalue weighted by Crippen LogP contribution is 2.19. The molecule has 0 bridgehead atoms. The maximum absolute atomic E-state index is 5.97. The van der Waals surface area contributed by atoms with Crippen molar-refractivity contribution >= 4 is 15.9 Å². The molecule has 4 heteroatoms. The van der Waals surface area contributed by atoms with Crippen LogP contribution >= 0.6 is 15.9 Å². The fourth-order valence-electron chi connectivity index (χ4n) is 1.70. The molecule has 2 rings (SSSR count). The van der Waals surface area contributed by atoms with Crippen LogP contribution in [0.2, 0.25) is 0 Å². The summed E-state index contributed by atoms with van der Waals surface area (Å²) < 4.78 is 6.65. The predicted octanol–water partition coefficient (Wildman–Crippen LogP) is 3.83. The van der Waals surface area contributed by atoms with Gasteiger partial charge >= 0.3 is 0 Å². The summed E-state index contributed by atoms with van der Waals surface area (Å²) in [5.41, 5.74) is 8.00. The van der Waals surface area contributed by atoms with E-state index >= 15 is 0 Å². The first-order chi connectivity index (χ1) is 9.19. The number of ether oxygens (including phenoxy) is 1. The lowest BCUT2D eigenvalue weighted by atomic mass is 10.1. The minimum absolute atomic E-state index is 0.0993. The summed E-state index contributed by atoms with van der Waals surface area (Å²) in [6, 6.07) is 11.9. The Morgan fingerprint density at radius 1 is 1.21 bits per heavy atom. The van der Waals surface area contributed by atoms with Crippen LogP contribution in [0, 0.1) is 0 Å². The summed E-state index contributed by atoms with van der Waals surface area (Å²) in [4.78, 5) is 4.26. The van der Waals surface area contributed by atoms with E-state index in [4.69, 9.17) is 10.5 Å². The number of nitrogens with zero attached hydrogens (tertiary/aromatic N) is 1. The minimum Gasteiger partial charge on any atom is -0.487 e. The van der Waals surface area contributed by atoms with E-state index in [1.54, 1.807) is 6.20 Å². The van der Waals surface area contributed by atoms with E-state index in [0.29, 0.717) is 6.61 Å². The third-order valence-corrected chi connectivity index (χ3v) is 3.39. The van der Waals surface area contributed by atoms with E-state index in [-0.39, 0.29) is 6.04 Å². The number of nitrogens with two attached hydrogens (primary N) is 1. The molecule has 0 aliphatic carbocycles. The third-order valence-electron chi connectivity index (χ3n) is 2.92. The molecular weight excluding hydrogens is 304 g/mol. The van der Waals surface area contributed by atoms with E-state index in [1.807, 2.05) is 36.4 Å². The number of benzene rings is 1. The SMILES string of the molecule is CC[C@@H](N)c1ccc(OCc2ccc(Br)cn2)cc1. The van der Waals surface area contributed by atoms with Crippen molar-refractivity contribution in [2.24, 2.45) is 5.73 Å². The summed E-state index contributed by atoms with van der Waals surface area (Å²) in [5.74, 6) is 0.830. The van der Waals surface area contributed by atoms with Gasteiger partial charge in [-0.15, -0.1) is 0 Å². The zero-order valence-corrected chi connectivity index (χ0v) is 12.4. The van der Waals surface area contributed by atoms with Gasteiger partial charge in [-0.1, -0.05) is 19.1 Å². The van der Waals surface area contributed by atoms with Crippen molar-refractivity contribution in [1.82, 2.24) is 4.98 Å². The monoisotopic (exact) mass is 320 g/mol. The van der Waals surface area contributed by atoms with Crippen molar-refractivity contribution in [3.05, 3.63) is 58.3 Å². The molecule has 0 aliphatic rings. The molecule has 0 saturated heterocycles. The minimum atomic E-state index is 0.0993. The number of pyridine rings is 1. The predicted molar refractivity (Wildman–Crippen MR) is 79.9 cm³/mol. The number of halogens is 1. The van der Waals surface area contributed by atoms with Gasteiger partial charge < -0.3 is 10.5 Å². The molecule has 0 aliphatic heterocycles. The number of hydrogen-bond donors (Lipinski definition) is 1. The van der Waals surface area contributed by atoms with Gasteiger partial charge in [0.2, 0.25) is 0 Å². The van der Waals surface area contributed by atoms with E-state index in [9.17, 15) is 0 Å². The highest BCUT2D eigenvalue weighted by atomic mass is 79.9. The molecule has 0 radical (unpaired) electrons. The van der Waals surface area contributed by atoms with Gasteiger partial charge in [-0.3, -0.25) is 4.98 Å². The first-order valence-corrected chi connectivity index (χ1v) is 7.07. The van der Waals surface area contributed by atoms with Crippen molar-refractivity contribution in [1.29, 1.82) is 0 Å². The molecule has 19 heavy (non-hydrogen) atoms. The molecule has 0 saturated carbocycles. The Morgan fingerprint density at radius 3 is 2.53 bits per heavy atom. The Bertz CT molecular complexity index is 511. The van der Waals surface area contributed by atoms with Gasteiger partial charge in [0.15, 0.2) is 0 Å². The second-order valence-electron chi connectivity index (χ2n) is 4.34. The molecule has 0 spiro atoms. The Labute approximate surface area is 121 Å². The van der Waals surface area contributed by atoms with Crippen LogP contribution < -0.4 is 10.5 Å². The lowest BCUT2D eigenvalue weighted by Gasteiger charge is -2.10. The van der Waals surface area contributed by atoms with Crippen molar-refractivity contribution < 1.29 is 4.74 Å². The average molecular weight is 321 g/mol. The van der Waals surface area contributed by atoms with Gasteiger partial charge in [-0.2, -0.15) is 0 Å². The molecular formula is C15H17BrN2O. The van der Waals surface area contributed by atoms with Crippen molar-refractivity contribution in [3.8, 4) is 5.75 Å². The molecule has 100 valence electrons.